The van der Waals surface area contributed by atoms with Gasteiger partial charge in [-0.3, -0.25) is 10.6 Å². The molecule has 0 bridgehead atoms. The van der Waals surface area contributed by atoms with Crippen molar-refractivity contribution in [2.24, 2.45) is 4.99 Å². The Kier molecular flexibility index (Phi) is 5.01. The Labute approximate surface area is 158 Å². The molecule has 0 fully saturated rings. The van der Waals surface area contributed by atoms with Gasteiger partial charge in [0.15, 0.2) is 6.10 Å². The van der Waals surface area contributed by atoms with Crippen LogP contribution in [0.2, 0.25) is 0 Å². The number of carbonyl (C=O) groups is 1. The molecule has 2 aromatic carbocycles. The largest absolute Gasteiger partial charge is 0.479 e. The second-order valence-corrected chi connectivity index (χ2v) is 6.56. The maximum Gasteiger partial charge on any atom is 0.344 e. The molecule has 3 N–H and O–H groups in total. The number of aliphatic carboxylic acids is 1. The molecule has 8 nitrogen and oxygen atoms in total. The Bertz CT molecular complexity index is 856. The Morgan fingerprint density at radius 2 is 2.00 bits per heavy atom. The van der Waals surface area contributed by atoms with Crippen LogP contribution >= 0.6 is 15.9 Å². The summed E-state index contributed by atoms with van der Waals surface area (Å²) in [5.74, 6) is -0.306. The van der Waals surface area contributed by atoms with Gasteiger partial charge in [-0.2, -0.15) is 0 Å². The van der Waals surface area contributed by atoms with Gasteiger partial charge in [-0.25, -0.2) is 9.79 Å². The first kappa shape index (κ1) is 18.0. The molecule has 0 aliphatic carbocycles. The number of hydrogen-bond acceptors (Lipinski definition) is 7. The molecule has 3 rings (SSSR count). The molecule has 0 aromatic heterocycles. The number of ether oxygens (including phenoxy) is 1. The molecule has 1 heterocycles. The van der Waals surface area contributed by atoms with Crippen LogP contribution in [0.5, 0.6) is 5.75 Å². The fourth-order valence-corrected chi connectivity index (χ4v) is 2.71. The smallest absolute Gasteiger partial charge is 0.344 e. The van der Waals surface area contributed by atoms with E-state index in [1.807, 2.05) is 18.2 Å². The number of nitrogens with one attached hydrogen (secondary N) is 1. The average Bonchev–Trinajstić information content (AvgIpc) is 2.61. The van der Waals surface area contributed by atoms with Crippen LogP contribution in [0.4, 0.5) is 17.1 Å². The summed E-state index contributed by atoms with van der Waals surface area (Å²) in [7, 11) is 1.75. The van der Waals surface area contributed by atoms with Gasteiger partial charge in [0.1, 0.15) is 5.75 Å². The highest BCUT2D eigenvalue weighted by Gasteiger charge is 2.22. The third-order valence-corrected chi connectivity index (χ3v) is 4.27. The number of benzene rings is 2. The van der Waals surface area contributed by atoms with Gasteiger partial charge >= 0.3 is 5.97 Å². The van der Waals surface area contributed by atoms with Crippen molar-refractivity contribution in [2.45, 2.75) is 13.0 Å². The summed E-state index contributed by atoms with van der Waals surface area (Å²) in [6, 6.07) is 12.3. The molecule has 0 amide bonds. The minimum Gasteiger partial charge on any atom is -0.479 e. The van der Waals surface area contributed by atoms with Crippen molar-refractivity contribution in [3.05, 3.63) is 46.9 Å². The highest BCUT2D eigenvalue weighted by atomic mass is 79.9. The monoisotopic (exact) mass is 420 g/mol. The zero-order valence-corrected chi connectivity index (χ0v) is 15.6. The number of carboxylic acids is 1. The van der Waals surface area contributed by atoms with Crippen molar-refractivity contribution in [3.8, 4) is 5.75 Å². The SMILES string of the molecule is CC(Oc1ccc(N(C)C2=Nc3ccc(Br)cc3NN2O)cc1)C(=O)O. The molecule has 136 valence electrons. The summed E-state index contributed by atoms with van der Waals surface area (Å²) in [6.45, 7) is 1.46. The van der Waals surface area contributed by atoms with E-state index in [0.29, 0.717) is 17.1 Å². The van der Waals surface area contributed by atoms with E-state index < -0.39 is 12.1 Å². The highest BCUT2D eigenvalue weighted by Crippen LogP contribution is 2.33. The van der Waals surface area contributed by atoms with Gasteiger partial charge in [-0.05, 0) is 49.4 Å². The molecule has 1 unspecified atom stereocenters. The predicted molar refractivity (Wildman–Crippen MR) is 101 cm³/mol. The maximum atomic E-state index is 10.9. The number of nitrogens with zero attached hydrogens (tertiary/aromatic N) is 3. The van der Waals surface area contributed by atoms with Crippen molar-refractivity contribution in [1.82, 2.24) is 5.17 Å². The van der Waals surface area contributed by atoms with E-state index in [1.54, 1.807) is 36.2 Å². The van der Waals surface area contributed by atoms with E-state index in [2.05, 4.69) is 26.3 Å². The van der Waals surface area contributed by atoms with Crippen molar-refractivity contribution >= 4 is 44.9 Å². The fraction of sp³-hybridized carbons (Fsp3) is 0.176. The lowest BCUT2D eigenvalue weighted by molar-refractivity contribution is -0.144. The van der Waals surface area contributed by atoms with Crippen LogP contribution in [0.25, 0.3) is 0 Å². The molecule has 26 heavy (non-hydrogen) atoms. The molecular formula is C17H17BrN4O4. The molecule has 1 aliphatic rings. The second kappa shape index (κ2) is 7.22. The van der Waals surface area contributed by atoms with Crippen LogP contribution in [-0.2, 0) is 4.79 Å². The first-order chi connectivity index (χ1) is 12.3. The second-order valence-electron chi connectivity index (χ2n) is 5.65. The van der Waals surface area contributed by atoms with Crippen LogP contribution in [0, 0.1) is 0 Å². The number of carboxylic acid groups (broad SMARTS) is 1. The Morgan fingerprint density at radius 3 is 2.65 bits per heavy atom. The summed E-state index contributed by atoms with van der Waals surface area (Å²) < 4.78 is 6.18. The van der Waals surface area contributed by atoms with Gasteiger partial charge in [0.05, 0.1) is 11.4 Å². The topological polar surface area (TPSA) is 97.6 Å². The lowest BCUT2D eigenvalue weighted by atomic mass is 10.2. The van der Waals surface area contributed by atoms with Crippen molar-refractivity contribution in [2.75, 3.05) is 17.4 Å². The molecule has 9 heteroatoms. The van der Waals surface area contributed by atoms with Crippen LogP contribution in [0.3, 0.4) is 0 Å². The predicted octanol–water partition coefficient (Wildman–Crippen LogP) is 3.46. The zero-order valence-electron chi connectivity index (χ0n) is 14.0. The lowest BCUT2D eigenvalue weighted by Gasteiger charge is -2.31. The number of anilines is 2. The highest BCUT2D eigenvalue weighted by molar-refractivity contribution is 9.10. The lowest BCUT2D eigenvalue weighted by Crippen LogP contribution is -2.45. The van der Waals surface area contributed by atoms with Gasteiger partial charge in [0.25, 0.3) is 5.96 Å². The van der Waals surface area contributed by atoms with Crippen LogP contribution < -0.4 is 15.1 Å². The number of fused-ring (bicyclic) bond motifs is 1. The summed E-state index contributed by atoms with van der Waals surface area (Å²) in [5, 5.41) is 19.9. The Balaban J connectivity index is 1.81. The van der Waals surface area contributed by atoms with Crippen LogP contribution in [-0.4, -0.2) is 40.6 Å². The minimum absolute atomic E-state index is 0.285. The standard InChI is InChI=1S/C17H17BrN4O4/c1-10(16(23)24)26-13-6-4-12(5-7-13)21(2)17-19-14-8-3-11(18)9-15(14)20-22(17)25/h3-10,20,25H,1-2H3,(H,23,24). The average molecular weight is 421 g/mol. The molecule has 1 aliphatic heterocycles. The maximum absolute atomic E-state index is 10.9. The summed E-state index contributed by atoms with van der Waals surface area (Å²) in [6.07, 6.45) is -0.936. The van der Waals surface area contributed by atoms with Crippen LogP contribution in [0.15, 0.2) is 51.9 Å². The van der Waals surface area contributed by atoms with E-state index >= 15 is 0 Å². The Hall–Kier alpha value is -2.78. The summed E-state index contributed by atoms with van der Waals surface area (Å²) in [5.41, 5.74) is 4.95. The number of guanidine groups is 1. The molecule has 0 saturated carbocycles. The van der Waals surface area contributed by atoms with Gasteiger partial charge < -0.3 is 14.7 Å². The first-order valence-corrected chi connectivity index (χ1v) is 8.51. The van der Waals surface area contributed by atoms with Crippen molar-refractivity contribution in [1.29, 1.82) is 0 Å². The van der Waals surface area contributed by atoms with Gasteiger partial charge in [-0.1, -0.05) is 15.9 Å². The first-order valence-electron chi connectivity index (χ1n) is 7.72. The van der Waals surface area contributed by atoms with E-state index in [0.717, 1.165) is 15.3 Å². The normalized spacial score (nSPS) is 14.0. The zero-order chi connectivity index (χ0) is 18.8. The molecular weight excluding hydrogens is 404 g/mol. The van der Waals surface area contributed by atoms with Crippen LogP contribution in [0.1, 0.15) is 6.92 Å². The quantitative estimate of drug-likeness (QED) is 0.696. The van der Waals surface area contributed by atoms with Gasteiger partial charge in [-0.15, -0.1) is 5.17 Å². The van der Waals surface area contributed by atoms with E-state index in [1.165, 1.54) is 6.92 Å². The number of halogens is 1. The summed E-state index contributed by atoms with van der Waals surface area (Å²) >= 11 is 3.38. The molecule has 1 atom stereocenters. The van der Waals surface area contributed by atoms with E-state index in [9.17, 15) is 10.0 Å². The van der Waals surface area contributed by atoms with E-state index in [4.69, 9.17) is 9.84 Å². The van der Waals surface area contributed by atoms with Crippen molar-refractivity contribution < 1.29 is 19.8 Å². The summed E-state index contributed by atoms with van der Waals surface area (Å²) in [4.78, 5) is 17.0. The number of hydrogen-bond donors (Lipinski definition) is 3. The fourth-order valence-electron chi connectivity index (χ4n) is 2.35. The number of aliphatic imine (C=N–C) groups is 1. The number of hydroxylamine groups is 1. The minimum atomic E-state index is -1.03. The number of rotatable bonds is 4. The number of hydrazine groups is 1. The molecule has 2 aromatic rings. The Morgan fingerprint density at radius 1 is 1.31 bits per heavy atom. The third kappa shape index (κ3) is 3.73. The van der Waals surface area contributed by atoms with Gasteiger partial charge in [0.2, 0.25) is 0 Å². The third-order valence-electron chi connectivity index (χ3n) is 3.78. The van der Waals surface area contributed by atoms with Gasteiger partial charge in [0, 0.05) is 17.2 Å². The molecule has 0 saturated heterocycles. The molecule has 0 radical (unpaired) electrons. The van der Waals surface area contributed by atoms with Crippen molar-refractivity contribution in [3.63, 3.8) is 0 Å². The molecule has 0 spiro atoms. The van der Waals surface area contributed by atoms with E-state index in [-0.39, 0.29) is 5.96 Å².